The number of likely N-dealkylation sites (N-methyl/N-ethyl adjacent to an activating group) is 1. The van der Waals surface area contributed by atoms with E-state index in [0.29, 0.717) is 34.9 Å². The molecule has 1 heterocycles. The lowest BCUT2D eigenvalue weighted by atomic mass is 10.0. The molecule has 0 spiro atoms. The number of nitrogens with zero attached hydrogens (tertiary/aromatic N) is 1. The minimum Gasteiger partial charge on any atom is -0.486 e. The first-order valence-corrected chi connectivity index (χ1v) is 10.7. The third-order valence-electron chi connectivity index (χ3n) is 4.58. The maximum Gasteiger partial charge on any atom is 0.317 e. The van der Waals surface area contributed by atoms with Gasteiger partial charge < -0.3 is 9.84 Å². The third kappa shape index (κ3) is 6.16. The Morgan fingerprint density at radius 2 is 1.90 bits per heavy atom. The van der Waals surface area contributed by atoms with Crippen molar-refractivity contribution in [3.63, 3.8) is 0 Å². The van der Waals surface area contributed by atoms with Gasteiger partial charge in [-0.2, -0.15) is 11.3 Å². The van der Waals surface area contributed by atoms with E-state index in [0.717, 1.165) is 5.56 Å². The van der Waals surface area contributed by atoms with Gasteiger partial charge in [-0.1, -0.05) is 35.9 Å². The lowest BCUT2D eigenvalue weighted by molar-refractivity contribution is -0.138. The first-order valence-electron chi connectivity index (χ1n) is 9.42. The van der Waals surface area contributed by atoms with Crippen LogP contribution in [0.15, 0.2) is 65.4 Å². The topological polar surface area (TPSA) is 66.8 Å². The minimum absolute atomic E-state index is 0.0437. The summed E-state index contributed by atoms with van der Waals surface area (Å²) in [6.07, 6.45) is 0.263. The Labute approximate surface area is 184 Å². The Hall–Kier alpha value is -2.67. The van der Waals surface area contributed by atoms with E-state index < -0.39 is 5.97 Å². The third-order valence-corrected chi connectivity index (χ3v) is 5.51. The summed E-state index contributed by atoms with van der Waals surface area (Å²) in [5.74, 6) is -0.344. The highest BCUT2D eigenvalue weighted by atomic mass is 35.5. The van der Waals surface area contributed by atoms with Gasteiger partial charge in [0.25, 0.3) is 0 Å². The predicted octanol–water partition coefficient (Wildman–Crippen LogP) is 5.16. The van der Waals surface area contributed by atoms with E-state index in [-0.39, 0.29) is 18.4 Å². The molecule has 0 amide bonds. The molecule has 1 atom stereocenters. The van der Waals surface area contributed by atoms with Gasteiger partial charge in [0, 0.05) is 34.5 Å². The molecule has 1 N–H and O–H groups in total. The van der Waals surface area contributed by atoms with E-state index in [4.69, 9.17) is 21.4 Å². The van der Waals surface area contributed by atoms with Crippen LogP contribution in [0.25, 0.3) is 0 Å². The standard InChI is InChI=1S/C23H22ClNO4S/c1-25(14-22(26)27)11-9-21(16-5-7-19(24)8-6-16)29-20-4-2-3-17(13-20)23(28)18-10-12-30-15-18/h2-8,10,12-13,15,21H,9,11,14H2,1H3,(H,26,27). The Bertz CT molecular complexity index is 989. The van der Waals surface area contributed by atoms with Crippen LogP contribution >= 0.6 is 22.9 Å². The first kappa shape index (κ1) is 22.0. The number of hydrogen-bond donors (Lipinski definition) is 1. The van der Waals surface area contributed by atoms with Crippen molar-refractivity contribution in [1.29, 1.82) is 0 Å². The highest BCUT2D eigenvalue weighted by molar-refractivity contribution is 7.08. The Balaban J connectivity index is 1.78. The van der Waals surface area contributed by atoms with Crippen molar-refractivity contribution >= 4 is 34.7 Å². The van der Waals surface area contributed by atoms with Gasteiger partial charge >= 0.3 is 5.97 Å². The fourth-order valence-corrected chi connectivity index (χ4v) is 3.82. The van der Waals surface area contributed by atoms with Crippen molar-refractivity contribution in [3.8, 4) is 5.75 Å². The average Bonchev–Trinajstić information content (AvgIpc) is 3.26. The monoisotopic (exact) mass is 443 g/mol. The zero-order valence-corrected chi connectivity index (χ0v) is 18.0. The fourth-order valence-electron chi connectivity index (χ4n) is 3.05. The number of carboxylic acid groups (broad SMARTS) is 1. The van der Waals surface area contributed by atoms with Gasteiger partial charge in [0.1, 0.15) is 11.9 Å². The summed E-state index contributed by atoms with van der Waals surface area (Å²) in [4.78, 5) is 25.3. The van der Waals surface area contributed by atoms with Crippen LogP contribution in [0.1, 0.15) is 34.0 Å². The number of carboxylic acids is 1. The van der Waals surface area contributed by atoms with E-state index in [1.807, 2.05) is 29.0 Å². The van der Waals surface area contributed by atoms with E-state index >= 15 is 0 Å². The smallest absolute Gasteiger partial charge is 0.317 e. The molecule has 3 aromatic rings. The Morgan fingerprint density at radius 1 is 1.13 bits per heavy atom. The van der Waals surface area contributed by atoms with Crippen LogP contribution in [0.2, 0.25) is 5.02 Å². The number of rotatable bonds is 10. The number of aliphatic carboxylic acids is 1. The summed E-state index contributed by atoms with van der Waals surface area (Å²) in [6, 6.07) is 16.3. The van der Waals surface area contributed by atoms with Gasteiger partial charge in [0.15, 0.2) is 5.78 Å². The molecule has 5 nitrogen and oxygen atoms in total. The summed E-state index contributed by atoms with van der Waals surface area (Å²) in [7, 11) is 1.76. The second-order valence-electron chi connectivity index (χ2n) is 6.95. The molecule has 1 unspecified atom stereocenters. The summed E-state index contributed by atoms with van der Waals surface area (Å²) < 4.78 is 6.24. The van der Waals surface area contributed by atoms with Crippen LogP contribution in [0.4, 0.5) is 0 Å². The highest BCUT2D eigenvalue weighted by Crippen LogP contribution is 2.27. The molecular formula is C23H22ClNO4S. The molecule has 2 aromatic carbocycles. The molecule has 156 valence electrons. The quantitative estimate of drug-likeness (QED) is 0.438. The maximum absolute atomic E-state index is 12.6. The second-order valence-corrected chi connectivity index (χ2v) is 8.16. The van der Waals surface area contributed by atoms with Gasteiger partial charge in [-0.15, -0.1) is 0 Å². The molecule has 0 saturated carbocycles. The zero-order valence-electron chi connectivity index (χ0n) is 16.5. The molecule has 0 aliphatic carbocycles. The molecule has 0 bridgehead atoms. The largest absolute Gasteiger partial charge is 0.486 e. The van der Waals surface area contributed by atoms with E-state index in [9.17, 15) is 9.59 Å². The lowest BCUT2D eigenvalue weighted by Gasteiger charge is -2.23. The summed E-state index contributed by atoms with van der Waals surface area (Å²) in [5.41, 5.74) is 2.14. The van der Waals surface area contributed by atoms with Crippen molar-refractivity contribution in [2.45, 2.75) is 12.5 Å². The van der Waals surface area contributed by atoms with Gasteiger partial charge in [0.2, 0.25) is 0 Å². The molecule has 0 fully saturated rings. The minimum atomic E-state index is -0.874. The van der Waals surface area contributed by atoms with Crippen LogP contribution < -0.4 is 4.74 Å². The van der Waals surface area contributed by atoms with E-state index in [1.54, 1.807) is 48.3 Å². The molecule has 0 saturated heterocycles. The second kappa shape index (κ2) is 10.4. The van der Waals surface area contributed by atoms with E-state index in [1.165, 1.54) is 11.3 Å². The number of carbonyl (C=O) groups excluding carboxylic acids is 1. The average molecular weight is 444 g/mol. The zero-order chi connectivity index (χ0) is 21.5. The predicted molar refractivity (Wildman–Crippen MR) is 119 cm³/mol. The molecule has 1 aromatic heterocycles. The number of hydrogen-bond acceptors (Lipinski definition) is 5. The Morgan fingerprint density at radius 3 is 2.57 bits per heavy atom. The van der Waals surface area contributed by atoms with Crippen molar-refractivity contribution in [1.82, 2.24) is 4.90 Å². The fraction of sp³-hybridized carbons (Fsp3) is 0.217. The number of benzene rings is 2. The number of halogens is 1. The van der Waals surface area contributed by atoms with Gasteiger partial charge in [-0.05, 0) is 48.3 Å². The van der Waals surface area contributed by atoms with Crippen molar-refractivity contribution < 1.29 is 19.4 Å². The number of ketones is 1. The van der Waals surface area contributed by atoms with Crippen molar-refractivity contribution in [3.05, 3.63) is 87.1 Å². The molecule has 0 aliphatic heterocycles. The molecule has 0 aliphatic rings. The molecular weight excluding hydrogens is 422 g/mol. The first-order chi connectivity index (χ1) is 14.4. The number of ether oxygens (including phenoxy) is 1. The normalized spacial score (nSPS) is 12.0. The van der Waals surface area contributed by atoms with Crippen LogP contribution in [0.3, 0.4) is 0 Å². The van der Waals surface area contributed by atoms with Crippen molar-refractivity contribution in [2.75, 3.05) is 20.1 Å². The molecule has 3 rings (SSSR count). The van der Waals surface area contributed by atoms with Crippen LogP contribution in [0.5, 0.6) is 5.75 Å². The van der Waals surface area contributed by atoms with Crippen LogP contribution in [-0.2, 0) is 4.79 Å². The SMILES string of the molecule is CN(CCC(Oc1cccc(C(=O)c2ccsc2)c1)c1ccc(Cl)cc1)CC(=O)O. The molecule has 0 radical (unpaired) electrons. The van der Waals surface area contributed by atoms with Gasteiger partial charge in [0.05, 0.1) is 6.54 Å². The summed E-state index contributed by atoms with van der Waals surface area (Å²) >= 11 is 7.49. The van der Waals surface area contributed by atoms with Crippen LogP contribution in [0, 0.1) is 0 Å². The summed E-state index contributed by atoms with van der Waals surface area (Å²) in [6.45, 7) is 0.491. The molecule has 30 heavy (non-hydrogen) atoms. The van der Waals surface area contributed by atoms with Crippen molar-refractivity contribution in [2.24, 2.45) is 0 Å². The van der Waals surface area contributed by atoms with Gasteiger partial charge in [-0.3, -0.25) is 14.5 Å². The number of carbonyl (C=O) groups is 2. The van der Waals surface area contributed by atoms with Crippen LogP contribution in [-0.4, -0.2) is 41.9 Å². The van der Waals surface area contributed by atoms with Gasteiger partial charge in [-0.25, -0.2) is 0 Å². The number of thiophene rings is 1. The molecule has 7 heteroatoms. The maximum atomic E-state index is 12.6. The lowest BCUT2D eigenvalue weighted by Crippen LogP contribution is -2.28. The van der Waals surface area contributed by atoms with E-state index in [2.05, 4.69) is 0 Å². The summed E-state index contributed by atoms with van der Waals surface area (Å²) in [5, 5.41) is 13.3. The highest BCUT2D eigenvalue weighted by Gasteiger charge is 2.17. The Kier molecular flexibility index (Phi) is 7.63.